The normalized spacial score (nSPS) is 11.1. The maximum Gasteiger partial charge on any atom is 0.274 e. The van der Waals surface area contributed by atoms with E-state index in [0.29, 0.717) is 15.5 Å². The van der Waals surface area contributed by atoms with Crippen molar-refractivity contribution in [1.29, 1.82) is 0 Å². The molecule has 0 aromatic carbocycles. The maximum atomic E-state index is 11.5. The van der Waals surface area contributed by atoms with Gasteiger partial charge in [0.2, 0.25) is 5.91 Å². The Labute approximate surface area is 106 Å². The zero-order chi connectivity index (χ0) is 12.8. The fraction of sp³-hybridized carbons (Fsp3) is 0.250. The van der Waals surface area contributed by atoms with Crippen molar-refractivity contribution in [3.8, 4) is 0 Å². The van der Waals surface area contributed by atoms with E-state index >= 15 is 0 Å². The molecule has 1 aromatic heterocycles. The number of amides is 1. The predicted octanol–water partition coefficient (Wildman–Crippen LogP) is 0.750. The van der Waals surface area contributed by atoms with Crippen LogP contribution in [0, 0.1) is 10.1 Å². The van der Waals surface area contributed by atoms with Gasteiger partial charge < -0.3 is 10.6 Å². The number of rotatable bonds is 5. The fourth-order valence-electron chi connectivity index (χ4n) is 0.983. The van der Waals surface area contributed by atoms with E-state index in [1.54, 1.807) is 0 Å². The molecule has 92 valence electrons. The number of aromatic nitrogens is 1. The molecule has 7 nitrogen and oxygen atoms in total. The fourth-order valence-corrected chi connectivity index (χ4v) is 1.96. The van der Waals surface area contributed by atoms with Crippen molar-refractivity contribution in [3.63, 3.8) is 0 Å². The van der Waals surface area contributed by atoms with Gasteiger partial charge in [-0.15, -0.1) is 11.3 Å². The Morgan fingerprint density at radius 3 is 2.94 bits per heavy atom. The van der Waals surface area contributed by atoms with Gasteiger partial charge in [-0.05, 0) is 0 Å². The number of halogens is 1. The summed E-state index contributed by atoms with van der Waals surface area (Å²) in [6.45, 7) is 0. The second-order valence-electron chi connectivity index (χ2n) is 2.88. The van der Waals surface area contributed by atoms with Crippen molar-refractivity contribution in [2.75, 3.05) is 7.05 Å². The van der Waals surface area contributed by atoms with E-state index in [0.717, 1.165) is 0 Å². The smallest absolute Gasteiger partial charge is 0.274 e. The summed E-state index contributed by atoms with van der Waals surface area (Å²) < 4.78 is 0.350. The monoisotopic (exact) mass is 276 g/mol. The molecule has 1 heterocycles. The van der Waals surface area contributed by atoms with Gasteiger partial charge in [-0.2, -0.15) is 0 Å². The van der Waals surface area contributed by atoms with Crippen LogP contribution in [0.2, 0.25) is 4.47 Å². The Kier molecular flexibility index (Phi) is 4.85. The van der Waals surface area contributed by atoms with E-state index in [9.17, 15) is 14.9 Å². The van der Waals surface area contributed by atoms with Crippen LogP contribution in [0.5, 0.6) is 0 Å². The molecule has 9 heteroatoms. The van der Waals surface area contributed by atoms with Gasteiger partial charge in [-0.3, -0.25) is 14.9 Å². The first-order valence-corrected chi connectivity index (χ1v) is 5.64. The van der Waals surface area contributed by atoms with Gasteiger partial charge in [0.25, 0.3) is 6.20 Å². The van der Waals surface area contributed by atoms with Crippen molar-refractivity contribution >= 4 is 28.8 Å². The number of carbonyl (C=O) groups excluding carboxylic acids is 1. The highest BCUT2D eigenvalue weighted by Crippen LogP contribution is 2.17. The first-order chi connectivity index (χ1) is 8.01. The molecular formula is C8H9ClN4O3S. The predicted molar refractivity (Wildman–Crippen MR) is 63.1 cm³/mol. The van der Waals surface area contributed by atoms with Gasteiger partial charge in [0.1, 0.15) is 0 Å². The second-order valence-corrected chi connectivity index (χ2v) is 4.58. The molecule has 0 aliphatic carbocycles. The van der Waals surface area contributed by atoms with Crippen molar-refractivity contribution in [2.45, 2.75) is 6.42 Å². The molecule has 0 saturated heterocycles. The molecule has 2 N–H and O–H groups in total. The topological polar surface area (TPSA) is 97.2 Å². The van der Waals surface area contributed by atoms with Crippen molar-refractivity contribution < 1.29 is 9.72 Å². The molecule has 0 aliphatic rings. The van der Waals surface area contributed by atoms with Crippen LogP contribution in [-0.2, 0) is 11.2 Å². The van der Waals surface area contributed by atoms with Crippen molar-refractivity contribution in [2.24, 2.45) is 0 Å². The average Bonchev–Trinajstić information content (AvgIpc) is 2.62. The van der Waals surface area contributed by atoms with Gasteiger partial charge in [0, 0.05) is 18.1 Å². The van der Waals surface area contributed by atoms with Crippen LogP contribution in [-0.4, -0.2) is 22.9 Å². The molecule has 0 aliphatic heterocycles. The summed E-state index contributed by atoms with van der Waals surface area (Å²) in [5.41, 5.74) is 0. The summed E-state index contributed by atoms with van der Waals surface area (Å²) in [6, 6.07) is 0. The maximum absolute atomic E-state index is 11.5. The molecular weight excluding hydrogens is 268 g/mol. The van der Waals surface area contributed by atoms with E-state index in [4.69, 9.17) is 11.6 Å². The minimum absolute atomic E-state index is 0.0237. The minimum Gasteiger partial charge on any atom is -0.369 e. The zero-order valence-corrected chi connectivity index (χ0v) is 10.3. The summed E-state index contributed by atoms with van der Waals surface area (Å²) in [6.07, 6.45) is 2.24. The van der Waals surface area contributed by atoms with Gasteiger partial charge in [0.05, 0.1) is 11.3 Å². The van der Waals surface area contributed by atoms with Crippen LogP contribution in [0.4, 0.5) is 0 Å². The molecule has 17 heavy (non-hydrogen) atoms. The highest BCUT2D eigenvalue weighted by atomic mass is 35.5. The minimum atomic E-state index is -0.657. The number of nitrogens with one attached hydrogen (secondary N) is 2. The van der Waals surface area contributed by atoms with Crippen LogP contribution in [0.3, 0.4) is 0 Å². The second kappa shape index (κ2) is 6.16. The number of hydrogen-bond donors (Lipinski definition) is 2. The van der Waals surface area contributed by atoms with E-state index in [1.165, 1.54) is 24.6 Å². The van der Waals surface area contributed by atoms with Gasteiger partial charge >= 0.3 is 0 Å². The zero-order valence-electron chi connectivity index (χ0n) is 8.77. The molecule has 0 radical (unpaired) electrons. The first kappa shape index (κ1) is 13.4. The molecule has 1 amide bonds. The number of nitrogens with zero attached hydrogens (tertiary/aromatic N) is 2. The van der Waals surface area contributed by atoms with E-state index < -0.39 is 4.92 Å². The molecule has 1 aromatic rings. The SMILES string of the molecule is CN/C(=C\[N+](=O)[O-])NC(=O)Cc1cnc(Cl)s1. The number of hydrogen-bond acceptors (Lipinski definition) is 6. The summed E-state index contributed by atoms with van der Waals surface area (Å²) in [4.78, 5) is 25.5. The third kappa shape index (κ3) is 4.79. The Morgan fingerprint density at radius 1 is 1.76 bits per heavy atom. The number of carbonyl (C=O) groups is 1. The highest BCUT2D eigenvalue weighted by Gasteiger charge is 2.09. The van der Waals surface area contributed by atoms with E-state index in [2.05, 4.69) is 15.6 Å². The Bertz CT molecular complexity index is 459. The lowest BCUT2D eigenvalue weighted by atomic mass is 10.3. The molecule has 0 atom stereocenters. The summed E-state index contributed by atoms with van der Waals surface area (Å²) in [7, 11) is 1.47. The first-order valence-electron chi connectivity index (χ1n) is 4.44. The lowest BCUT2D eigenvalue weighted by Crippen LogP contribution is -2.31. The largest absolute Gasteiger partial charge is 0.369 e. The van der Waals surface area contributed by atoms with Crippen LogP contribution in [0.1, 0.15) is 4.88 Å². The molecule has 1 rings (SSSR count). The quantitative estimate of drug-likeness (QED) is 0.611. The third-order valence-corrected chi connectivity index (χ3v) is 2.75. The summed E-state index contributed by atoms with van der Waals surface area (Å²) in [5.74, 6) is -0.358. The Balaban J connectivity index is 2.57. The van der Waals surface area contributed by atoms with E-state index in [1.807, 2.05) is 0 Å². The van der Waals surface area contributed by atoms with E-state index in [-0.39, 0.29) is 18.1 Å². The molecule has 0 saturated carbocycles. The molecule has 0 spiro atoms. The number of nitro groups is 1. The molecule has 0 fully saturated rings. The van der Waals surface area contributed by atoms with Crippen molar-refractivity contribution in [1.82, 2.24) is 15.6 Å². The molecule has 0 unspecified atom stereocenters. The average molecular weight is 277 g/mol. The Morgan fingerprint density at radius 2 is 2.47 bits per heavy atom. The van der Waals surface area contributed by atoms with Gasteiger partial charge in [-0.25, -0.2) is 4.98 Å². The van der Waals surface area contributed by atoms with Gasteiger partial charge in [0.15, 0.2) is 10.3 Å². The van der Waals surface area contributed by atoms with Crippen LogP contribution >= 0.6 is 22.9 Å². The highest BCUT2D eigenvalue weighted by molar-refractivity contribution is 7.15. The summed E-state index contributed by atoms with van der Waals surface area (Å²) in [5, 5.41) is 15.1. The number of thiazole rings is 1. The van der Waals surface area contributed by atoms with Crippen LogP contribution in [0.25, 0.3) is 0 Å². The lowest BCUT2D eigenvalue weighted by molar-refractivity contribution is -0.404. The van der Waals surface area contributed by atoms with Crippen molar-refractivity contribution in [3.05, 3.63) is 37.7 Å². The Hall–Kier alpha value is -1.67. The third-order valence-electron chi connectivity index (χ3n) is 1.64. The lowest BCUT2D eigenvalue weighted by Gasteiger charge is -2.05. The summed E-state index contributed by atoms with van der Waals surface area (Å²) >= 11 is 6.79. The van der Waals surface area contributed by atoms with Crippen LogP contribution in [0.15, 0.2) is 18.2 Å². The van der Waals surface area contributed by atoms with Crippen LogP contribution < -0.4 is 10.6 Å². The molecule has 0 bridgehead atoms. The standard InChI is InChI=1S/C8H9ClN4O3S/c1-10-6(4-13(15)16)12-7(14)2-5-3-11-8(9)17-5/h3-4,10H,2H2,1H3,(H,12,14)/b6-4+. The van der Waals surface area contributed by atoms with Gasteiger partial charge in [-0.1, -0.05) is 11.6 Å².